The molecule has 2 aromatic heterocycles. The van der Waals surface area contributed by atoms with Gasteiger partial charge in [-0.05, 0) is 23.8 Å². The smallest absolute Gasteiger partial charge is 0.360 e. The molecule has 4 N–H and O–H groups in total. The average molecular weight is 394 g/mol. The first-order valence-electron chi connectivity index (χ1n) is 6.77. The molecule has 0 aliphatic carbocycles. The van der Waals surface area contributed by atoms with Crippen molar-refractivity contribution < 1.29 is 19.5 Å². The lowest BCUT2D eigenvalue weighted by Crippen LogP contribution is -2.17. The van der Waals surface area contributed by atoms with E-state index in [1.54, 1.807) is 12.1 Å². The number of carboxylic acid groups (broad SMARTS) is 1. The van der Waals surface area contributed by atoms with Crippen LogP contribution >= 0.6 is 34.9 Å². The van der Waals surface area contributed by atoms with E-state index in [1.807, 2.05) is 6.07 Å². The lowest BCUT2D eigenvalue weighted by atomic mass is 10.1. The zero-order valence-electron chi connectivity index (χ0n) is 12.4. The minimum atomic E-state index is -1.37. The van der Waals surface area contributed by atoms with Gasteiger partial charge in [-0.1, -0.05) is 17.3 Å². The first-order chi connectivity index (χ1) is 11.9. The monoisotopic (exact) mass is 394 g/mol. The molecule has 11 heteroatoms. The molecule has 0 radical (unpaired) electrons. The highest BCUT2D eigenvalue weighted by molar-refractivity contribution is 7.73. The Morgan fingerprint density at radius 3 is 2.92 bits per heavy atom. The number of nitrogen functional groups attached to an aromatic ring is 1. The maximum atomic E-state index is 12.0. The number of oxime groups is 1. The minimum absolute atomic E-state index is 0.0341. The van der Waals surface area contributed by atoms with Crippen LogP contribution in [0, 0.1) is 3.95 Å². The van der Waals surface area contributed by atoms with Gasteiger partial charge in [0.15, 0.2) is 9.09 Å². The molecule has 128 valence electrons. The Hall–Kier alpha value is -2.63. The number of anilines is 1. The fourth-order valence-corrected chi connectivity index (χ4v) is 3.76. The fourth-order valence-electron chi connectivity index (χ4n) is 2.05. The van der Waals surface area contributed by atoms with Gasteiger partial charge in [-0.3, -0.25) is 0 Å². The number of nitrogens with zero attached hydrogens (tertiary/aromatic N) is 2. The van der Waals surface area contributed by atoms with Crippen molar-refractivity contribution in [3.63, 3.8) is 0 Å². The Kier molecular flexibility index (Phi) is 4.88. The molecular weight excluding hydrogens is 384 g/mol. The Labute approximate surface area is 153 Å². The summed E-state index contributed by atoms with van der Waals surface area (Å²) >= 11 is 7.56. The van der Waals surface area contributed by atoms with Gasteiger partial charge < -0.3 is 20.7 Å². The third-order valence-corrected chi connectivity index (χ3v) is 4.96. The van der Waals surface area contributed by atoms with Crippen LogP contribution in [-0.2, 0) is 20.8 Å². The highest BCUT2D eigenvalue weighted by atomic mass is 32.1. The van der Waals surface area contributed by atoms with Crippen molar-refractivity contribution in [1.82, 2.24) is 9.97 Å². The van der Waals surface area contributed by atoms with E-state index in [9.17, 15) is 9.59 Å². The van der Waals surface area contributed by atoms with E-state index in [0.29, 0.717) is 9.52 Å². The van der Waals surface area contributed by atoms with Crippen molar-refractivity contribution >= 4 is 67.9 Å². The molecule has 0 saturated carbocycles. The Morgan fingerprint density at radius 1 is 1.44 bits per heavy atom. The number of rotatable bonds is 5. The third kappa shape index (κ3) is 3.90. The molecule has 2 heterocycles. The van der Waals surface area contributed by atoms with Crippen LogP contribution in [0.3, 0.4) is 0 Å². The van der Waals surface area contributed by atoms with E-state index in [-0.39, 0.29) is 17.2 Å². The van der Waals surface area contributed by atoms with E-state index >= 15 is 0 Å². The quantitative estimate of drug-likeness (QED) is 0.262. The second-order valence-electron chi connectivity index (χ2n) is 4.76. The molecule has 25 heavy (non-hydrogen) atoms. The molecule has 0 unspecified atom stereocenters. The van der Waals surface area contributed by atoms with Gasteiger partial charge in [-0.15, -0.1) is 22.7 Å². The summed E-state index contributed by atoms with van der Waals surface area (Å²) in [5.41, 5.74) is 6.45. The van der Waals surface area contributed by atoms with Gasteiger partial charge in [-0.2, -0.15) is 0 Å². The Morgan fingerprint density at radius 2 is 2.24 bits per heavy atom. The molecule has 0 atom stereocenters. The summed E-state index contributed by atoms with van der Waals surface area (Å²) in [6.45, 7) is 0. The first-order valence-corrected chi connectivity index (χ1v) is 8.87. The molecule has 8 nitrogen and oxygen atoms in total. The number of thiazole rings is 2. The summed E-state index contributed by atoms with van der Waals surface area (Å²) < 4.78 is 1.52. The van der Waals surface area contributed by atoms with Crippen LogP contribution < -0.4 is 5.73 Å². The molecule has 3 aromatic rings. The largest absolute Gasteiger partial charge is 0.476 e. The van der Waals surface area contributed by atoms with Crippen LogP contribution in [0.2, 0.25) is 0 Å². The summed E-state index contributed by atoms with van der Waals surface area (Å²) in [4.78, 5) is 34.8. The number of hydrogen-bond acceptors (Lipinski definition) is 9. The van der Waals surface area contributed by atoms with Crippen LogP contribution in [0.4, 0.5) is 5.13 Å². The summed E-state index contributed by atoms with van der Waals surface area (Å²) in [7, 11) is 0. The van der Waals surface area contributed by atoms with Gasteiger partial charge >= 0.3 is 11.9 Å². The third-order valence-electron chi connectivity index (χ3n) is 3.08. The van der Waals surface area contributed by atoms with E-state index < -0.39 is 17.7 Å². The van der Waals surface area contributed by atoms with Crippen molar-refractivity contribution in [3.8, 4) is 0 Å². The summed E-state index contributed by atoms with van der Waals surface area (Å²) in [6, 6.07) is 5.44. The van der Waals surface area contributed by atoms with Gasteiger partial charge in [0, 0.05) is 5.38 Å². The van der Waals surface area contributed by atoms with E-state index in [2.05, 4.69) is 15.1 Å². The molecule has 0 aliphatic rings. The SMILES string of the molecule is Nc1nc(/C(=N\OC(=O)Cc2cccc3sc(=S)[nH]c23)C(=O)O)cs1. The second kappa shape index (κ2) is 7.09. The number of hydrogen-bond donors (Lipinski definition) is 3. The molecule has 0 fully saturated rings. The first kappa shape index (κ1) is 17.2. The van der Waals surface area contributed by atoms with Gasteiger partial charge in [0.2, 0.25) is 5.71 Å². The minimum Gasteiger partial charge on any atom is -0.476 e. The zero-order valence-corrected chi connectivity index (χ0v) is 14.8. The standard InChI is InChI=1S/C14H10N4O4S3/c15-13-16-7(5-24-13)11(12(20)21)18-22-9(19)4-6-2-1-3-8-10(6)17-14(23)25-8/h1-3,5H,4H2,(H2,15,16)(H,17,23)(H,20,21)/b18-11+. The Bertz CT molecular complexity index is 1050. The fraction of sp³-hybridized carbons (Fsp3) is 0.0714. The number of nitrogens with two attached hydrogens (primary N) is 1. The lowest BCUT2D eigenvalue weighted by Gasteiger charge is -2.02. The van der Waals surface area contributed by atoms with Crippen molar-refractivity contribution in [2.45, 2.75) is 6.42 Å². The number of carbonyl (C=O) groups is 2. The van der Waals surface area contributed by atoms with Crippen LogP contribution in [-0.4, -0.2) is 32.7 Å². The number of benzene rings is 1. The van der Waals surface area contributed by atoms with E-state index in [4.69, 9.17) is 27.9 Å². The van der Waals surface area contributed by atoms with Crippen LogP contribution in [0.1, 0.15) is 11.3 Å². The summed E-state index contributed by atoms with van der Waals surface area (Å²) in [6.07, 6.45) is -0.0883. The number of aliphatic carboxylic acids is 1. The predicted molar refractivity (Wildman–Crippen MR) is 97.5 cm³/mol. The van der Waals surface area contributed by atoms with Crippen molar-refractivity contribution in [3.05, 3.63) is 38.8 Å². The van der Waals surface area contributed by atoms with E-state index in [1.165, 1.54) is 16.7 Å². The summed E-state index contributed by atoms with van der Waals surface area (Å²) in [5, 5.41) is 14.2. The molecule has 0 amide bonds. The van der Waals surface area contributed by atoms with Gasteiger partial charge in [-0.25, -0.2) is 14.6 Å². The zero-order chi connectivity index (χ0) is 18.0. The van der Waals surface area contributed by atoms with Crippen molar-refractivity contribution in [2.24, 2.45) is 5.16 Å². The number of aromatic amines is 1. The highest BCUT2D eigenvalue weighted by Gasteiger charge is 2.18. The van der Waals surface area contributed by atoms with Crippen molar-refractivity contribution in [1.29, 1.82) is 0 Å². The maximum Gasteiger partial charge on any atom is 0.360 e. The molecular formula is C14H10N4O4S3. The molecule has 1 aromatic carbocycles. The van der Waals surface area contributed by atoms with Crippen molar-refractivity contribution in [2.75, 3.05) is 5.73 Å². The highest BCUT2D eigenvalue weighted by Crippen LogP contribution is 2.23. The number of carbonyl (C=O) groups excluding carboxylic acids is 1. The number of fused-ring (bicyclic) bond motifs is 1. The van der Waals surface area contributed by atoms with Gasteiger partial charge in [0.1, 0.15) is 5.69 Å². The number of aromatic nitrogens is 2. The van der Waals surface area contributed by atoms with Gasteiger partial charge in [0.25, 0.3) is 0 Å². The molecule has 3 rings (SSSR count). The Balaban J connectivity index is 1.79. The van der Waals surface area contributed by atoms with Crippen LogP contribution in [0.15, 0.2) is 28.7 Å². The van der Waals surface area contributed by atoms with E-state index in [0.717, 1.165) is 21.6 Å². The molecule has 0 aliphatic heterocycles. The lowest BCUT2D eigenvalue weighted by molar-refractivity contribution is -0.142. The van der Waals surface area contributed by atoms with Crippen LogP contribution in [0.25, 0.3) is 10.2 Å². The summed E-state index contributed by atoms with van der Waals surface area (Å²) in [5.74, 6) is -2.08. The topological polar surface area (TPSA) is 131 Å². The molecule has 0 bridgehead atoms. The van der Waals surface area contributed by atoms with Gasteiger partial charge in [0.05, 0.1) is 16.6 Å². The predicted octanol–water partition coefficient (Wildman–Crippen LogP) is 2.57. The molecule has 0 saturated heterocycles. The normalized spacial score (nSPS) is 11.6. The number of H-pyrrole nitrogens is 1. The number of carboxylic acids is 1. The molecule has 0 spiro atoms. The maximum absolute atomic E-state index is 12.0. The average Bonchev–Trinajstić information content (AvgIpc) is 3.13. The number of nitrogens with one attached hydrogen (secondary N) is 1. The number of para-hydroxylation sites is 1. The second-order valence-corrected chi connectivity index (χ2v) is 7.37. The van der Waals surface area contributed by atoms with Crippen LogP contribution in [0.5, 0.6) is 0 Å².